The van der Waals surface area contributed by atoms with Gasteiger partial charge in [0, 0.05) is 16.8 Å². The Labute approximate surface area is 198 Å². The Hall–Kier alpha value is -3.81. The maximum Gasteiger partial charge on any atom is 0.327 e. The van der Waals surface area contributed by atoms with Crippen LogP contribution in [0.5, 0.6) is 17.2 Å². The lowest BCUT2D eigenvalue weighted by Gasteiger charge is -2.50. The van der Waals surface area contributed by atoms with Gasteiger partial charge < -0.3 is 24.2 Å². The Kier molecular flexibility index (Phi) is 5.11. The van der Waals surface area contributed by atoms with E-state index in [2.05, 4.69) is 9.97 Å². The highest BCUT2D eigenvalue weighted by molar-refractivity contribution is 5.82. The number of aryl methyl sites for hydroxylation is 2. The molecular formula is C26H27N3O5. The second-order valence-electron chi connectivity index (χ2n) is 9.27. The van der Waals surface area contributed by atoms with Gasteiger partial charge >= 0.3 is 5.97 Å². The first-order valence-electron chi connectivity index (χ1n) is 11.1. The van der Waals surface area contributed by atoms with Gasteiger partial charge in [-0.3, -0.25) is 0 Å². The van der Waals surface area contributed by atoms with Crippen LogP contribution in [0.2, 0.25) is 0 Å². The van der Waals surface area contributed by atoms with E-state index in [4.69, 9.17) is 14.2 Å². The maximum absolute atomic E-state index is 12.9. The van der Waals surface area contributed by atoms with E-state index in [0.29, 0.717) is 23.2 Å². The molecule has 5 rings (SSSR count). The number of aliphatic carboxylic acids is 1. The molecule has 34 heavy (non-hydrogen) atoms. The Morgan fingerprint density at radius 2 is 1.82 bits per heavy atom. The van der Waals surface area contributed by atoms with E-state index < -0.39 is 23.5 Å². The Balaban J connectivity index is 1.83. The summed E-state index contributed by atoms with van der Waals surface area (Å²) >= 11 is 0. The van der Waals surface area contributed by atoms with Crippen molar-refractivity contribution in [1.82, 2.24) is 9.97 Å². The third-order valence-corrected chi connectivity index (χ3v) is 6.62. The van der Waals surface area contributed by atoms with Crippen LogP contribution in [0.1, 0.15) is 48.0 Å². The van der Waals surface area contributed by atoms with Gasteiger partial charge in [-0.25, -0.2) is 14.8 Å². The molecular weight excluding hydrogens is 434 g/mol. The van der Waals surface area contributed by atoms with E-state index in [1.165, 1.54) is 0 Å². The quantitative estimate of drug-likeness (QED) is 0.619. The molecule has 2 aliphatic heterocycles. The van der Waals surface area contributed by atoms with Crippen molar-refractivity contribution in [2.75, 3.05) is 18.8 Å². The lowest BCUT2D eigenvalue weighted by molar-refractivity contribution is -0.140. The van der Waals surface area contributed by atoms with Crippen molar-refractivity contribution in [3.8, 4) is 17.2 Å². The molecule has 2 aliphatic rings. The molecule has 1 N–H and O–H groups in total. The molecule has 2 unspecified atom stereocenters. The summed E-state index contributed by atoms with van der Waals surface area (Å²) in [5.74, 6) is 1.05. The monoisotopic (exact) mass is 461 g/mol. The molecule has 3 aromatic rings. The summed E-state index contributed by atoms with van der Waals surface area (Å²) in [7, 11) is 1.57. The smallest absolute Gasteiger partial charge is 0.327 e. The number of nitrogens with zero attached hydrogens (tertiary/aromatic N) is 3. The van der Waals surface area contributed by atoms with Gasteiger partial charge in [0.1, 0.15) is 6.04 Å². The molecule has 0 bridgehead atoms. The number of aromatic nitrogens is 2. The zero-order valence-electron chi connectivity index (χ0n) is 19.8. The number of hydrogen-bond acceptors (Lipinski definition) is 7. The fourth-order valence-electron chi connectivity index (χ4n) is 5.25. The first kappa shape index (κ1) is 22.0. The molecule has 3 heterocycles. The van der Waals surface area contributed by atoms with Crippen LogP contribution in [-0.2, 0) is 10.2 Å². The van der Waals surface area contributed by atoms with Crippen LogP contribution in [-0.4, -0.2) is 41.0 Å². The number of hydrogen-bond donors (Lipinski definition) is 1. The fraction of sp³-hybridized carbons (Fsp3) is 0.346. The summed E-state index contributed by atoms with van der Waals surface area (Å²) in [6, 6.07) is 12.2. The predicted molar refractivity (Wildman–Crippen MR) is 126 cm³/mol. The van der Waals surface area contributed by atoms with E-state index in [-0.39, 0.29) is 6.79 Å². The van der Waals surface area contributed by atoms with E-state index in [0.717, 1.165) is 28.1 Å². The van der Waals surface area contributed by atoms with Gasteiger partial charge in [-0.15, -0.1) is 0 Å². The van der Waals surface area contributed by atoms with Crippen LogP contribution in [0.15, 0.2) is 42.5 Å². The van der Waals surface area contributed by atoms with Gasteiger partial charge in [0.2, 0.25) is 18.5 Å². The van der Waals surface area contributed by atoms with Gasteiger partial charge in [-0.2, -0.15) is 0 Å². The van der Waals surface area contributed by atoms with Crippen LogP contribution in [0, 0.1) is 13.8 Å². The predicted octanol–water partition coefficient (Wildman–Crippen LogP) is 4.17. The van der Waals surface area contributed by atoms with Crippen molar-refractivity contribution in [1.29, 1.82) is 0 Å². The number of methoxy groups -OCH3 is 1. The zero-order chi connectivity index (χ0) is 24.2. The van der Waals surface area contributed by atoms with Crippen molar-refractivity contribution >= 4 is 11.9 Å². The molecule has 1 aromatic heterocycles. The van der Waals surface area contributed by atoms with Gasteiger partial charge in [0.05, 0.1) is 13.2 Å². The van der Waals surface area contributed by atoms with Crippen molar-refractivity contribution in [3.05, 3.63) is 70.5 Å². The number of anilines is 1. The molecule has 0 radical (unpaired) electrons. The Morgan fingerprint density at radius 1 is 1.12 bits per heavy atom. The third-order valence-electron chi connectivity index (χ3n) is 6.62. The first-order chi connectivity index (χ1) is 16.2. The highest BCUT2D eigenvalue weighted by atomic mass is 16.7. The van der Waals surface area contributed by atoms with Crippen LogP contribution in [0.25, 0.3) is 0 Å². The van der Waals surface area contributed by atoms with Crippen LogP contribution < -0.4 is 19.1 Å². The molecule has 0 amide bonds. The average Bonchev–Trinajstić information content (AvgIpc) is 3.26. The van der Waals surface area contributed by atoms with Crippen LogP contribution in [0.3, 0.4) is 0 Å². The molecule has 0 fully saturated rings. The van der Waals surface area contributed by atoms with Gasteiger partial charge in [0.25, 0.3) is 0 Å². The lowest BCUT2D eigenvalue weighted by atomic mass is 9.69. The second-order valence-corrected chi connectivity index (χ2v) is 9.27. The van der Waals surface area contributed by atoms with Crippen molar-refractivity contribution in [2.24, 2.45) is 0 Å². The number of carboxylic acid groups (broad SMARTS) is 1. The Morgan fingerprint density at radius 3 is 2.50 bits per heavy atom. The number of benzene rings is 2. The normalized spacial score (nSPS) is 20.1. The molecule has 0 aliphatic carbocycles. The summed E-state index contributed by atoms with van der Waals surface area (Å²) in [4.78, 5) is 24.0. The SMILES string of the molecule is COc1cc(C2c3ccccc3C(C)(C)C(C(=O)O)N2c2nc(C)cc(C)n2)cc2c1OCO2. The number of carbonyl (C=O) groups is 1. The van der Waals surface area contributed by atoms with E-state index in [9.17, 15) is 9.90 Å². The highest BCUT2D eigenvalue weighted by Crippen LogP contribution is 2.51. The van der Waals surface area contributed by atoms with Crippen molar-refractivity contribution < 1.29 is 24.1 Å². The van der Waals surface area contributed by atoms with E-state index in [1.54, 1.807) is 7.11 Å². The number of fused-ring (bicyclic) bond motifs is 2. The average molecular weight is 462 g/mol. The molecule has 8 nitrogen and oxygen atoms in total. The zero-order valence-corrected chi connectivity index (χ0v) is 19.8. The van der Waals surface area contributed by atoms with Crippen LogP contribution in [0.4, 0.5) is 5.95 Å². The number of carboxylic acids is 1. The van der Waals surface area contributed by atoms with Crippen molar-refractivity contribution in [3.63, 3.8) is 0 Å². The van der Waals surface area contributed by atoms with Crippen molar-refractivity contribution in [2.45, 2.75) is 45.2 Å². The molecule has 2 atom stereocenters. The molecule has 176 valence electrons. The molecule has 0 spiro atoms. The minimum atomic E-state index is -0.944. The van der Waals surface area contributed by atoms with Gasteiger partial charge in [0.15, 0.2) is 11.5 Å². The second kappa shape index (κ2) is 7.90. The molecule has 2 aromatic carbocycles. The summed E-state index contributed by atoms with van der Waals surface area (Å²) < 4.78 is 16.9. The summed E-state index contributed by atoms with van der Waals surface area (Å²) in [5, 5.41) is 10.5. The topological polar surface area (TPSA) is 94.0 Å². The third kappa shape index (κ3) is 3.32. The van der Waals surface area contributed by atoms with Gasteiger partial charge in [-0.05, 0) is 48.7 Å². The minimum absolute atomic E-state index is 0.102. The molecule has 0 saturated heterocycles. The van der Waals surface area contributed by atoms with Gasteiger partial charge in [-0.1, -0.05) is 38.1 Å². The highest BCUT2D eigenvalue weighted by Gasteiger charge is 2.51. The number of rotatable bonds is 4. The fourth-order valence-corrected chi connectivity index (χ4v) is 5.25. The lowest BCUT2D eigenvalue weighted by Crippen LogP contribution is -2.58. The molecule has 8 heteroatoms. The largest absolute Gasteiger partial charge is 0.493 e. The number of ether oxygens (including phenoxy) is 3. The summed E-state index contributed by atoms with van der Waals surface area (Å²) in [5.41, 5.74) is 3.56. The Bertz CT molecular complexity index is 1270. The standard InChI is InChI=1S/C26H27N3O5/c1-14-10-15(2)28-25(27-14)29-21(16-11-19(32-5)22-20(12-16)33-13-34-22)17-8-6-7-9-18(17)26(3,4)23(29)24(30)31/h6-12,21,23H,13H2,1-5H3,(H,30,31). The minimum Gasteiger partial charge on any atom is -0.493 e. The summed E-state index contributed by atoms with van der Waals surface area (Å²) in [6.07, 6.45) is 0. The van der Waals surface area contributed by atoms with Crippen LogP contribution >= 0.6 is 0 Å². The first-order valence-corrected chi connectivity index (χ1v) is 11.1. The summed E-state index contributed by atoms with van der Waals surface area (Å²) in [6.45, 7) is 7.78. The van der Waals surface area contributed by atoms with E-state index >= 15 is 0 Å². The molecule has 0 saturated carbocycles. The maximum atomic E-state index is 12.9. The van der Waals surface area contributed by atoms with E-state index in [1.807, 2.05) is 75.1 Å².